The highest BCUT2D eigenvalue weighted by atomic mass is 16.2. The van der Waals surface area contributed by atoms with E-state index in [1.54, 1.807) is 0 Å². The normalized spacial score (nSPS) is 29.2. The lowest BCUT2D eigenvalue weighted by Gasteiger charge is -2.41. The van der Waals surface area contributed by atoms with Gasteiger partial charge in [-0.25, -0.2) is 0 Å². The van der Waals surface area contributed by atoms with Crippen LogP contribution in [0.1, 0.15) is 72.6 Å². The van der Waals surface area contributed by atoms with Crippen molar-refractivity contribution in [3.8, 4) is 0 Å². The van der Waals surface area contributed by atoms with Gasteiger partial charge < -0.3 is 4.90 Å². The summed E-state index contributed by atoms with van der Waals surface area (Å²) < 4.78 is 0. The van der Waals surface area contributed by atoms with Crippen molar-refractivity contribution in [3.63, 3.8) is 0 Å². The molecule has 2 unspecified atom stereocenters. The Labute approximate surface area is 132 Å². The second-order valence-corrected chi connectivity index (χ2v) is 7.91. The van der Waals surface area contributed by atoms with E-state index in [-0.39, 0.29) is 5.91 Å². The van der Waals surface area contributed by atoms with Crippen LogP contribution >= 0.6 is 0 Å². The number of nitrogens with zero attached hydrogens (tertiary/aromatic N) is 1. The van der Waals surface area contributed by atoms with E-state index in [0.717, 1.165) is 37.6 Å². The zero-order valence-electron chi connectivity index (χ0n) is 14.9. The molecule has 0 aromatic heterocycles. The van der Waals surface area contributed by atoms with Crippen LogP contribution in [-0.2, 0) is 4.79 Å². The largest absolute Gasteiger partial charge is 0.346 e. The highest BCUT2D eigenvalue weighted by Crippen LogP contribution is 2.45. The Bertz CT molecular complexity index is 351. The van der Waals surface area contributed by atoms with Gasteiger partial charge in [0, 0.05) is 20.0 Å². The first-order valence-electron chi connectivity index (χ1n) is 8.66. The van der Waals surface area contributed by atoms with Crippen molar-refractivity contribution in [2.75, 3.05) is 13.6 Å². The lowest BCUT2D eigenvalue weighted by molar-refractivity contribution is -0.129. The maximum absolute atomic E-state index is 12.0. The van der Waals surface area contributed by atoms with Gasteiger partial charge in [0.05, 0.1) is 0 Å². The molecule has 0 aliphatic heterocycles. The second kappa shape index (κ2) is 8.00. The van der Waals surface area contributed by atoms with Crippen molar-refractivity contribution in [3.05, 3.63) is 12.2 Å². The van der Waals surface area contributed by atoms with Gasteiger partial charge in [0.2, 0.25) is 5.91 Å². The van der Waals surface area contributed by atoms with Crippen molar-refractivity contribution in [1.82, 2.24) is 4.90 Å². The first-order chi connectivity index (χ1) is 9.75. The number of amides is 1. The predicted molar refractivity (Wildman–Crippen MR) is 91.2 cm³/mol. The van der Waals surface area contributed by atoms with Crippen LogP contribution in [0.5, 0.6) is 0 Å². The van der Waals surface area contributed by atoms with Crippen LogP contribution in [0.15, 0.2) is 12.2 Å². The number of hydrogen-bond donors (Lipinski definition) is 0. The zero-order chi connectivity index (χ0) is 16.0. The van der Waals surface area contributed by atoms with Gasteiger partial charge in [0.1, 0.15) is 0 Å². The topological polar surface area (TPSA) is 20.3 Å². The number of carbonyl (C=O) groups excluding carboxylic acids is 1. The summed E-state index contributed by atoms with van der Waals surface area (Å²) in [4.78, 5) is 13.8. The predicted octanol–water partition coefficient (Wildman–Crippen LogP) is 5.04. The molecular formula is C19H35NO. The van der Waals surface area contributed by atoms with Crippen LogP contribution in [0.3, 0.4) is 0 Å². The molecule has 2 nitrogen and oxygen atoms in total. The Kier molecular flexibility index (Phi) is 6.96. The fraction of sp³-hybridized carbons (Fsp3) is 0.842. The Morgan fingerprint density at radius 1 is 1.24 bits per heavy atom. The van der Waals surface area contributed by atoms with Crippen LogP contribution in [0.25, 0.3) is 0 Å². The van der Waals surface area contributed by atoms with E-state index in [0.29, 0.717) is 11.8 Å². The minimum atomic E-state index is 0.258. The van der Waals surface area contributed by atoms with Crippen LogP contribution in [-0.4, -0.2) is 24.4 Å². The molecule has 0 heterocycles. The molecule has 1 amide bonds. The molecule has 1 rings (SSSR count). The number of hydrogen-bond acceptors (Lipinski definition) is 1. The van der Waals surface area contributed by atoms with E-state index in [2.05, 4.69) is 34.3 Å². The minimum Gasteiger partial charge on any atom is -0.346 e. The number of rotatable bonds is 7. The number of allylic oxidation sites excluding steroid dienone is 1. The van der Waals surface area contributed by atoms with Gasteiger partial charge in [0.25, 0.3) is 0 Å². The van der Waals surface area contributed by atoms with Crippen LogP contribution < -0.4 is 0 Å². The van der Waals surface area contributed by atoms with E-state index >= 15 is 0 Å². The standard InChI is InChI=1S/C19H35NO/c1-7-10-20(6)18(21)9-8-15(2)12-19(5)13-16(3)11-17(4)14-19/h16-17H,2,7-14H2,1,3-6H3. The van der Waals surface area contributed by atoms with Gasteiger partial charge >= 0.3 is 0 Å². The fourth-order valence-corrected chi connectivity index (χ4v) is 4.39. The molecule has 0 bridgehead atoms. The zero-order valence-corrected chi connectivity index (χ0v) is 14.9. The molecule has 0 radical (unpaired) electrons. The SMILES string of the molecule is C=C(CCC(=O)N(C)CCC)CC1(C)CC(C)CC(C)C1. The van der Waals surface area contributed by atoms with Crippen LogP contribution in [0, 0.1) is 17.3 Å². The maximum Gasteiger partial charge on any atom is 0.222 e. The molecule has 122 valence electrons. The minimum absolute atomic E-state index is 0.258. The molecule has 1 saturated carbocycles. The molecule has 0 saturated heterocycles. The van der Waals surface area contributed by atoms with Gasteiger partial charge in [-0.3, -0.25) is 4.79 Å². The third-order valence-corrected chi connectivity index (χ3v) is 4.84. The molecule has 2 atom stereocenters. The van der Waals surface area contributed by atoms with Crippen molar-refractivity contribution in [2.24, 2.45) is 17.3 Å². The van der Waals surface area contributed by atoms with E-state index < -0.39 is 0 Å². The van der Waals surface area contributed by atoms with Gasteiger partial charge in [-0.1, -0.05) is 39.8 Å². The Hall–Kier alpha value is -0.790. The molecular weight excluding hydrogens is 258 g/mol. The molecule has 0 spiro atoms. The van der Waals surface area contributed by atoms with Gasteiger partial charge in [-0.05, 0) is 55.8 Å². The Morgan fingerprint density at radius 3 is 2.33 bits per heavy atom. The lowest BCUT2D eigenvalue weighted by atomic mass is 9.65. The Balaban J connectivity index is 2.41. The molecule has 0 N–H and O–H groups in total. The summed E-state index contributed by atoms with van der Waals surface area (Å²) in [6, 6.07) is 0. The maximum atomic E-state index is 12.0. The molecule has 1 aliphatic rings. The smallest absolute Gasteiger partial charge is 0.222 e. The third-order valence-electron chi connectivity index (χ3n) is 4.84. The van der Waals surface area contributed by atoms with Crippen molar-refractivity contribution >= 4 is 5.91 Å². The second-order valence-electron chi connectivity index (χ2n) is 7.91. The van der Waals surface area contributed by atoms with Gasteiger partial charge in [0.15, 0.2) is 0 Å². The molecule has 2 heteroatoms. The molecule has 21 heavy (non-hydrogen) atoms. The van der Waals surface area contributed by atoms with Crippen LogP contribution in [0.4, 0.5) is 0 Å². The highest BCUT2D eigenvalue weighted by Gasteiger charge is 2.34. The van der Waals surface area contributed by atoms with E-state index in [4.69, 9.17) is 0 Å². The molecule has 0 aromatic rings. The summed E-state index contributed by atoms with van der Waals surface area (Å²) >= 11 is 0. The summed E-state index contributed by atoms with van der Waals surface area (Å²) in [6.45, 7) is 14.4. The first-order valence-corrected chi connectivity index (χ1v) is 8.66. The summed E-state index contributed by atoms with van der Waals surface area (Å²) in [6.07, 6.45) is 7.56. The summed E-state index contributed by atoms with van der Waals surface area (Å²) in [5.41, 5.74) is 1.66. The average Bonchev–Trinajstić information content (AvgIpc) is 2.33. The quantitative estimate of drug-likeness (QED) is 0.602. The van der Waals surface area contributed by atoms with Crippen LogP contribution in [0.2, 0.25) is 0 Å². The van der Waals surface area contributed by atoms with Gasteiger partial charge in [-0.15, -0.1) is 0 Å². The van der Waals surface area contributed by atoms with E-state index in [1.807, 2.05) is 11.9 Å². The Morgan fingerprint density at radius 2 is 1.81 bits per heavy atom. The molecule has 1 aliphatic carbocycles. The summed E-state index contributed by atoms with van der Waals surface area (Å²) in [5.74, 6) is 1.90. The molecule has 0 aromatic carbocycles. The highest BCUT2D eigenvalue weighted by molar-refractivity contribution is 5.76. The summed E-state index contributed by atoms with van der Waals surface area (Å²) in [7, 11) is 1.90. The fourth-order valence-electron chi connectivity index (χ4n) is 4.39. The van der Waals surface area contributed by atoms with E-state index in [1.165, 1.54) is 24.8 Å². The summed E-state index contributed by atoms with van der Waals surface area (Å²) in [5, 5.41) is 0. The average molecular weight is 293 g/mol. The van der Waals surface area contributed by atoms with Gasteiger partial charge in [-0.2, -0.15) is 0 Å². The van der Waals surface area contributed by atoms with E-state index in [9.17, 15) is 4.79 Å². The van der Waals surface area contributed by atoms with Crippen molar-refractivity contribution in [2.45, 2.75) is 72.6 Å². The van der Waals surface area contributed by atoms with Crippen molar-refractivity contribution < 1.29 is 4.79 Å². The first kappa shape index (κ1) is 18.3. The monoisotopic (exact) mass is 293 g/mol. The number of carbonyl (C=O) groups is 1. The third kappa shape index (κ3) is 6.23. The molecule has 1 fully saturated rings. The lowest BCUT2D eigenvalue weighted by Crippen LogP contribution is -2.30. The van der Waals surface area contributed by atoms with Crippen molar-refractivity contribution in [1.29, 1.82) is 0 Å².